The maximum Gasteiger partial charge on any atom is 0.125 e. The molecule has 0 aliphatic carbocycles. The van der Waals surface area contributed by atoms with E-state index in [0.29, 0.717) is 6.04 Å². The molecule has 2 aromatic rings. The zero-order chi connectivity index (χ0) is 16.1. The first-order valence-electron chi connectivity index (χ1n) is 8.08. The van der Waals surface area contributed by atoms with Crippen LogP contribution in [-0.4, -0.2) is 50.6 Å². The van der Waals surface area contributed by atoms with Gasteiger partial charge in [-0.05, 0) is 26.7 Å². The Morgan fingerprint density at radius 2 is 1.91 bits per heavy atom. The van der Waals surface area contributed by atoms with Crippen LogP contribution in [0.1, 0.15) is 29.2 Å². The van der Waals surface area contributed by atoms with Crippen molar-refractivity contribution < 1.29 is 4.74 Å². The van der Waals surface area contributed by atoms with Crippen molar-refractivity contribution in [2.45, 2.75) is 39.3 Å². The summed E-state index contributed by atoms with van der Waals surface area (Å²) in [5.74, 6) is 0.811. The molecular formula is C17H23N5O. The van der Waals surface area contributed by atoms with Gasteiger partial charge in [0.1, 0.15) is 5.82 Å². The Morgan fingerprint density at radius 3 is 2.70 bits per heavy atom. The van der Waals surface area contributed by atoms with Gasteiger partial charge in [-0.15, -0.1) is 0 Å². The second-order valence-electron chi connectivity index (χ2n) is 5.96. The van der Waals surface area contributed by atoms with Crippen LogP contribution in [0.5, 0.6) is 0 Å². The van der Waals surface area contributed by atoms with E-state index >= 15 is 0 Å². The van der Waals surface area contributed by atoms with Crippen molar-refractivity contribution in [1.82, 2.24) is 24.8 Å². The van der Waals surface area contributed by atoms with Gasteiger partial charge in [0.2, 0.25) is 0 Å². The molecule has 0 spiro atoms. The van der Waals surface area contributed by atoms with E-state index in [1.54, 1.807) is 12.4 Å². The van der Waals surface area contributed by atoms with E-state index in [1.807, 2.05) is 26.2 Å². The molecule has 1 atom stereocenters. The number of nitrogens with zero attached hydrogens (tertiary/aromatic N) is 5. The highest BCUT2D eigenvalue weighted by Crippen LogP contribution is 2.16. The Kier molecular flexibility index (Phi) is 5.25. The number of hydrogen-bond donors (Lipinski definition) is 0. The minimum Gasteiger partial charge on any atom is -0.378 e. The first-order valence-corrected chi connectivity index (χ1v) is 8.08. The van der Waals surface area contributed by atoms with Crippen LogP contribution in [0.25, 0.3) is 0 Å². The molecule has 2 aromatic heterocycles. The molecule has 0 unspecified atom stereocenters. The number of aryl methyl sites for hydroxylation is 3. The van der Waals surface area contributed by atoms with Crippen LogP contribution in [0.4, 0.5) is 0 Å². The molecule has 0 saturated carbocycles. The van der Waals surface area contributed by atoms with Crippen molar-refractivity contribution in [3.63, 3.8) is 0 Å². The molecule has 3 rings (SSSR count). The molecule has 1 aliphatic heterocycles. The van der Waals surface area contributed by atoms with Crippen molar-refractivity contribution in [2.75, 3.05) is 19.8 Å². The highest BCUT2D eigenvalue weighted by Gasteiger charge is 2.23. The fourth-order valence-electron chi connectivity index (χ4n) is 2.88. The van der Waals surface area contributed by atoms with Gasteiger partial charge in [-0.3, -0.25) is 14.9 Å². The Hall–Kier alpha value is -1.92. The lowest BCUT2D eigenvalue weighted by molar-refractivity contribution is -0.0145. The average Bonchev–Trinajstić information content (AvgIpc) is 2.57. The van der Waals surface area contributed by atoms with Crippen molar-refractivity contribution in [3.05, 3.63) is 47.6 Å². The van der Waals surface area contributed by atoms with Gasteiger partial charge in [0.25, 0.3) is 0 Å². The fraction of sp³-hybridized carbons (Fsp3) is 0.529. The first-order chi connectivity index (χ1) is 11.2. The molecule has 0 radical (unpaired) electrons. The summed E-state index contributed by atoms with van der Waals surface area (Å²) in [6.45, 7) is 7.29. The van der Waals surface area contributed by atoms with Crippen LogP contribution in [-0.2, 0) is 17.7 Å². The molecule has 0 bridgehead atoms. The molecule has 6 nitrogen and oxygen atoms in total. The minimum absolute atomic E-state index is 0.395. The van der Waals surface area contributed by atoms with E-state index in [0.717, 1.165) is 61.9 Å². The summed E-state index contributed by atoms with van der Waals surface area (Å²) in [5.41, 5.74) is 3.25. The molecule has 23 heavy (non-hydrogen) atoms. The van der Waals surface area contributed by atoms with Crippen molar-refractivity contribution in [1.29, 1.82) is 0 Å². The summed E-state index contributed by atoms with van der Waals surface area (Å²) < 4.78 is 5.68. The zero-order valence-corrected chi connectivity index (χ0v) is 13.8. The predicted octanol–water partition coefficient (Wildman–Crippen LogP) is 1.72. The van der Waals surface area contributed by atoms with Gasteiger partial charge < -0.3 is 4.74 Å². The normalized spacial score (nSPS) is 19.0. The van der Waals surface area contributed by atoms with Crippen molar-refractivity contribution in [3.8, 4) is 0 Å². The summed E-state index contributed by atoms with van der Waals surface area (Å²) in [6.07, 6.45) is 9.29. The zero-order valence-electron chi connectivity index (χ0n) is 13.8. The predicted molar refractivity (Wildman–Crippen MR) is 86.9 cm³/mol. The molecule has 0 N–H and O–H groups in total. The topological polar surface area (TPSA) is 64.0 Å². The molecule has 0 aromatic carbocycles. The monoisotopic (exact) mass is 313 g/mol. The lowest BCUT2D eigenvalue weighted by Gasteiger charge is -2.35. The maximum atomic E-state index is 5.68. The quantitative estimate of drug-likeness (QED) is 0.837. The van der Waals surface area contributed by atoms with Crippen molar-refractivity contribution >= 4 is 0 Å². The van der Waals surface area contributed by atoms with E-state index in [2.05, 4.69) is 24.8 Å². The van der Waals surface area contributed by atoms with Gasteiger partial charge in [0, 0.05) is 49.5 Å². The summed E-state index contributed by atoms with van der Waals surface area (Å²) in [5, 5.41) is 0. The third-order valence-corrected chi connectivity index (χ3v) is 4.27. The fourth-order valence-corrected chi connectivity index (χ4v) is 2.88. The van der Waals surface area contributed by atoms with Crippen LogP contribution in [0.2, 0.25) is 0 Å². The van der Waals surface area contributed by atoms with Crippen molar-refractivity contribution in [2.24, 2.45) is 0 Å². The Balaban J connectivity index is 1.62. The third kappa shape index (κ3) is 4.30. The van der Waals surface area contributed by atoms with E-state index < -0.39 is 0 Å². The third-order valence-electron chi connectivity index (χ3n) is 4.27. The standard InChI is InChI=1S/C17H23N5O/c1-13-17(19-6-5-18-13)4-3-16-12-23-8-7-22(16)11-15-9-20-14(2)21-10-15/h5-6,9-10,16H,3-4,7-8,11-12H2,1-2H3/t16-/m0/s1. The Labute approximate surface area is 137 Å². The smallest absolute Gasteiger partial charge is 0.125 e. The SMILES string of the molecule is Cc1ncc(CN2CCOC[C@@H]2CCc2nccnc2C)cn1. The highest BCUT2D eigenvalue weighted by atomic mass is 16.5. The lowest BCUT2D eigenvalue weighted by atomic mass is 10.1. The average molecular weight is 313 g/mol. The molecule has 122 valence electrons. The Morgan fingerprint density at radius 1 is 1.13 bits per heavy atom. The highest BCUT2D eigenvalue weighted by molar-refractivity contribution is 5.09. The van der Waals surface area contributed by atoms with E-state index in [9.17, 15) is 0 Å². The van der Waals surface area contributed by atoms with Crippen LogP contribution in [0, 0.1) is 13.8 Å². The molecule has 1 fully saturated rings. The van der Waals surface area contributed by atoms with Crippen LogP contribution in [0.3, 0.4) is 0 Å². The second kappa shape index (κ2) is 7.57. The number of morpholine rings is 1. The van der Waals surface area contributed by atoms with Gasteiger partial charge in [-0.25, -0.2) is 9.97 Å². The van der Waals surface area contributed by atoms with Crippen LogP contribution < -0.4 is 0 Å². The van der Waals surface area contributed by atoms with E-state index in [4.69, 9.17) is 4.74 Å². The Bertz CT molecular complexity index is 631. The summed E-state index contributed by atoms with van der Waals surface area (Å²) >= 11 is 0. The van der Waals surface area contributed by atoms with Gasteiger partial charge in [-0.1, -0.05) is 0 Å². The molecule has 1 saturated heterocycles. The number of rotatable bonds is 5. The maximum absolute atomic E-state index is 5.68. The van der Waals surface area contributed by atoms with Gasteiger partial charge in [0.05, 0.1) is 24.6 Å². The number of aromatic nitrogens is 4. The first kappa shape index (κ1) is 16.0. The van der Waals surface area contributed by atoms with Gasteiger partial charge in [0.15, 0.2) is 0 Å². The largest absolute Gasteiger partial charge is 0.378 e. The molecule has 1 aliphatic rings. The number of ether oxygens (including phenoxy) is 1. The summed E-state index contributed by atoms with van der Waals surface area (Å²) in [6, 6.07) is 0.395. The molecule has 0 amide bonds. The summed E-state index contributed by atoms with van der Waals surface area (Å²) in [4.78, 5) is 19.8. The lowest BCUT2D eigenvalue weighted by Crippen LogP contribution is -2.45. The molecular weight excluding hydrogens is 290 g/mol. The van der Waals surface area contributed by atoms with E-state index in [-0.39, 0.29) is 0 Å². The van der Waals surface area contributed by atoms with Gasteiger partial charge >= 0.3 is 0 Å². The minimum atomic E-state index is 0.395. The summed E-state index contributed by atoms with van der Waals surface area (Å²) in [7, 11) is 0. The van der Waals surface area contributed by atoms with Crippen LogP contribution in [0.15, 0.2) is 24.8 Å². The van der Waals surface area contributed by atoms with Crippen LogP contribution >= 0.6 is 0 Å². The van der Waals surface area contributed by atoms with Gasteiger partial charge in [-0.2, -0.15) is 0 Å². The number of hydrogen-bond acceptors (Lipinski definition) is 6. The second-order valence-corrected chi connectivity index (χ2v) is 5.96. The van der Waals surface area contributed by atoms with E-state index in [1.165, 1.54) is 0 Å². The molecule has 6 heteroatoms. The molecule has 3 heterocycles.